The molecule has 154 valence electrons. The Hall–Kier alpha value is -2.44. The van der Waals surface area contributed by atoms with Crippen molar-refractivity contribution in [3.8, 4) is 0 Å². The summed E-state index contributed by atoms with van der Waals surface area (Å²) in [5, 5.41) is 2.65. The molecule has 0 aliphatic carbocycles. The number of benzene rings is 1. The van der Waals surface area contributed by atoms with Crippen molar-refractivity contribution in [3.63, 3.8) is 0 Å². The zero-order valence-corrected chi connectivity index (χ0v) is 16.2. The highest BCUT2D eigenvalue weighted by molar-refractivity contribution is 6.07. The SMILES string of the molecule is C/C=C(\C=C/N)C(=O)Nc1cc(C(F)(F)F)ccc1N1CCCCCCCC1. The van der Waals surface area contributed by atoms with Crippen molar-refractivity contribution < 1.29 is 18.0 Å². The molecular formula is C21H28F3N3O. The lowest BCUT2D eigenvalue weighted by Crippen LogP contribution is -2.27. The fourth-order valence-corrected chi connectivity index (χ4v) is 3.35. The third kappa shape index (κ3) is 6.04. The molecule has 0 spiro atoms. The maximum atomic E-state index is 13.2. The predicted octanol–water partition coefficient (Wildman–Crippen LogP) is 5.22. The number of carbonyl (C=O) groups is 1. The number of nitrogens with one attached hydrogen (secondary N) is 1. The second kappa shape index (κ2) is 10.2. The van der Waals surface area contributed by atoms with Gasteiger partial charge in [0.05, 0.1) is 16.9 Å². The molecule has 0 bridgehead atoms. The zero-order chi connectivity index (χ0) is 20.6. The van der Waals surface area contributed by atoms with Crippen LogP contribution in [0.15, 0.2) is 42.1 Å². The van der Waals surface area contributed by atoms with Gasteiger partial charge in [-0.15, -0.1) is 0 Å². The summed E-state index contributed by atoms with van der Waals surface area (Å²) in [4.78, 5) is 14.6. The van der Waals surface area contributed by atoms with E-state index in [0.717, 1.165) is 50.9 Å². The largest absolute Gasteiger partial charge is 0.416 e. The highest BCUT2D eigenvalue weighted by atomic mass is 19.4. The Labute approximate surface area is 164 Å². The van der Waals surface area contributed by atoms with Gasteiger partial charge in [0, 0.05) is 18.7 Å². The van der Waals surface area contributed by atoms with Gasteiger partial charge in [0.2, 0.25) is 0 Å². The van der Waals surface area contributed by atoms with Crippen LogP contribution in [0.3, 0.4) is 0 Å². The Morgan fingerprint density at radius 1 is 1.11 bits per heavy atom. The van der Waals surface area contributed by atoms with Crippen LogP contribution in [0.5, 0.6) is 0 Å². The van der Waals surface area contributed by atoms with E-state index in [4.69, 9.17) is 5.73 Å². The molecule has 0 radical (unpaired) electrons. The van der Waals surface area contributed by atoms with Crippen molar-refractivity contribution in [3.05, 3.63) is 47.7 Å². The van der Waals surface area contributed by atoms with E-state index in [1.807, 2.05) is 0 Å². The monoisotopic (exact) mass is 395 g/mol. The minimum absolute atomic E-state index is 0.170. The van der Waals surface area contributed by atoms with Gasteiger partial charge in [0.15, 0.2) is 0 Å². The van der Waals surface area contributed by atoms with E-state index in [1.165, 1.54) is 31.2 Å². The lowest BCUT2D eigenvalue weighted by atomic mass is 10.1. The fraction of sp³-hybridized carbons (Fsp3) is 0.476. The van der Waals surface area contributed by atoms with E-state index in [2.05, 4.69) is 10.2 Å². The summed E-state index contributed by atoms with van der Waals surface area (Å²) >= 11 is 0. The van der Waals surface area contributed by atoms with E-state index in [1.54, 1.807) is 13.0 Å². The maximum absolute atomic E-state index is 13.2. The van der Waals surface area contributed by atoms with Crippen LogP contribution >= 0.6 is 0 Å². The van der Waals surface area contributed by atoms with E-state index < -0.39 is 17.6 Å². The van der Waals surface area contributed by atoms with Crippen molar-refractivity contribution in [2.75, 3.05) is 23.3 Å². The van der Waals surface area contributed by atoms with Gasteiger partial charge in [0.25, 0.3) is 5.91 Å². The standard InChI is InChI=1S/C21H28F3N3O/c1-2-16(11-12-25)20(28)26-18-15-17(21(22,23)24)9-10-19(18)27-13-7-5-3-4-6-8-14-27/h2,9-12,15H,3-8,13-14,25H2,1H3,(H,26,28)/b12-11-,16-2+. The summed E-state index contributed by atoms with van der Waals surface area (Å²) < 4.78 is 39.7. The second-order valence-electron chi connectivity index (χ2n) is 6.90. The van der Waals surface area contributed by atoms with Crippen LogP contribution in [0.1, 0.15) is 51.0 Å². The van der Waals surface area contributed by atoms with Crippen LogP contribution < -0.4 is 16.0 Å². The van der Waals surface area contributed by atoms with Crippen LogP contribution in [-0.2, 0) is 11.0 Å². The number of nitrogens with zero attached hydrogens (tertiary/aromatic N) is 1. The number of nitrogens with two attached hydrogens (primary N) is 1. The van der Waals surface area contributed by atoms with Gasteiger partial charge in [-0.25, -0.2) is 0 Å². The summed E-state index contributed by atoms with van der Waals surface area (Å²) in [6.07, 6.45) is 6.24. The molecule has 1 amide bonds. The van der Waals surface area contributed by atoms with Gasteiger partial charge in [0.1, 0.15) is 0 Å². The number of allylic oxidation sites excluding steroid dienone is 1. The van der Waals surface area contributed by atoms with Crippen LogP contribution in [-0.4, -0.2) is 19.0 Å². The number of amides is 1. The van der Waals surface area contributed by atoms with E-state index in [-0.39, 0.29) is 11.3 Å². The normalized spacial score (nSPS) is 17.1. The highest BCUT2D eigenvalue weighted by Crippen LogP contribution is 2.36. The molecule has 2 rings (SSSR count). The van der Waals surface area contributed by atoms with E-state index in [0.29, 0.717) is 5.69 Å². The molecule has 1 aromatic carbocycles. The molecular weight excluding hydrogens is 367 g/mol. The third-order valence-corrected chi connectivity index (χ3v) is 4.87. The number of alkyl halides is 3. The van der Waals surface area contributed by atoms with Gasteiger partial charge < -0.3 is 16.0 Å². The molecule has 4 nitrogen and oxygen atoms in total. The first kappa shape index (κ1) is 21.9. The van der Waals surface area contributed by atoms with Crippen LogP contribution in [0, 0.1) is 0 Å². The molecule has 7 heteroatoms. The number of hydrogen-bond acceptors (Lipinski definition) is 3. The molecule has 0 saturated carbocycles. The number of carbonyl (C=O) groups excluding carboxylic acids is 1. The van der Waals surface area contributed by atoms with Crippen molar-refractivity contribution in [1.82, 2.24) is 0 Å². The molecule has 1 aromatic rings. The molecule has 0 aromatic heterocycles. The van der Waals surface area contributed by atoms with Gasteiger partial charge in [-0.2, -0.15) is 13.2 Å². The topological polar surface area (TPSA) is 58.4 Å². The Balaban J connectivity index is 2.39. The second-order valence-corrected chi connectivity index (χ2v) is 6.90. The van der Waals surface area contributed by atoms with Gasteiger partial charge in [-0.05, 0) is 50.2 Å². The molecule has 1 saturated heterocycles. The molecule has 1 fully saturated rings. The van der Waals surface area contributed by atoms with Crippen LogP contribution in [0.25, 0.3) is 0 Å². The number of hydrogen-bond donors (Lipinski definition) is 2. The first-order valence-electron chi connectivity index (χ1n) is 9.69. The van der Waals surface area contributed by atoms with Gasteiger partial charge in [-0.1, -0.05) is 31.8 Å². The summed E-state index contributed by atoms with van der Waals surface area (Å²) in [6, 6.07) is 3.55. The van der Waals surface area contributed by atoms with Gasteiger partial charge >= 0.3 is 6.18 Å². The first-order chi connectivity index (χ1) is 13.4. The number of rotatable bonds is 4. The minimum atomic E-state index is -4.48. The van der Waals surface area contributed by atoms with Gasteiger partial charge in [-0.3, -0.25) is 4.79 Å². The molecule has 1 heterocycles. The summed E-state index contributed by atoms with van der Waals surface area (Å²) in [7, 11) is 0. The van der Waals surface area contributed by atoms with E-state index in [9.17, 15) is 18.0 Å². The molecule has 1 aliphatic rings. The fourth-order valence-electron chi connectivity index (χ4n) is 3.35. The first-order valence-corrected chi connectivity index (χ1v) is 9.69. The summed E-state index contributed by atoms with van der Waals surface area (Å²) in [6.45, 7) is 3.19. The lowest BCUT2D eigenvalue weighted by molar-refractivity contribution is -0.137. The van der Waals surface area contributed by atoms with Crippen LogP contribution in [0.2, 0.25) is 0 Å². The lowest BCUT2D eigenvalue weighted by Gasteiger charge is -2.27. The van der Waals surface area contributed by atoms with Crippen molar-refractivity contribution >= 4 is 17.3 Å². The Bertz CT molecular complexity index is 716. The Morgan fingerprint density at radius 3 is 2.25 bits per heavy atom. The summed E-state index contributed by atoms with van der Waals surface area (Å²) in [5.74, 6) is -0.492. The average molecular weight is 395 g/mol. The molecule has 1 aliphatic heterocycles. The molecule has 0 unspecified atom stereocenters. The van der Waals surface area contributed by atoms with Crippen molar-refractivity contribution in [2.24, 2.45) is 5.73 Å². The Morgan fingerprint density at radius 2 is 1.71 bits per heavy atom. The highest BCUT2D eigenvalue weighted by Gasteiger charge is 2.31. The zero-order valence-electron chi connectivity index (χ0n) is 16.2. The quantitative estimate of drug-likeness (QED) is 0.543. The number of anilines is 2. The Kier molecular flexibility index (Phi) is 7.96. The molecule has 0 atom stereocenters. The minimum Gasteiger partial charge on any atom is -0.405 e. The van der Waals surface area contributed by atoms with Crippen LogP contribution in [0.4, 0.5) is 24.5 Å². The summed E-state index contributed by atoms with van der Waals surface area (Å²) in [5.41, 5.74) is 5.65. The average Bonchev–Trinajstić information content (AvgIpc) is 2.79. The maximum Gasteiger partial charge on any atom is 0.416 e. The molecule has 3 N–H and O–H groups in total. The predicted molar refractivity (Wildman–Crippen MR) is 107 cm³/mol. The number of halogens is 3. The van der Waals surface area contributed by atoms with Crippen molar-refractivity contribution in [2.45, 2.75) is 51.6 Å². The van der Waals surface area contributed by atoms with E-state index >= 15 is 0 Å². The molecule has 28 heavy (non-hydrogen) atoms. The van der Waals surface area contributed by atoms with Crippen molar-refractivity contribution in [1.29, 1.82) is 0 Å². The smallest absolute Gasteiger partial charge is 0.405 e. The third-order valence-electron chi connectivity index (χ3n) is 4.87.